The molecule has 3 aromatic carbocycles. The lowest BCUT2D eigenvalue weighted by Crippen LogP contribution is -2.23. The van der Waals surface area contributed by atoms with Gasteiger partial charge in [-0.3, -0.25) is 4.79 Å². The minimum absolute atomic E-state index is 0.0668. The topological polar surface area (TPSA) is 69.0 Å². The van der Waals surface area contributed by atoms with Crippen LogP contribution in [0, 0.1) is 6.92 Å². The number of anilines is 1. The minimum atomic E-state index is -0.344. The van der Waals surface area contributed by atoms with Crippen molar-refractivity contribution in [1.82, 2.24) is 14.8 Å². The number of ether oxygens (including phenoxy) is 1. The number of rotatable bonds is 9. The van der Waals surface area contributed by atoms with E-state index in [-0.39, 0.29) is 11.2 Å². The van der Waals surface area contributed by atoms with Crippen LogP contribution < -0.4 is 10.1 Å². The number of amides is 1. The fourth-order valence-corrected chi connectivity index (χ4v) is 4.45. The molecule has 0 spiro atoms. The van der Waals surface area contributed by atoms with E-state index in [9.17, 15) is 4.79 Å². The van der Waals surface area contributed by atoms with Crippen LogP contribution in [0.25, 0.3) is 11.4 Å². The molecule has 0 fully saturated rings. The molecule has 0 saturated carbocycles. The van der Waals surface area contributed by atoms with Crippen LogP contribution in [-0.2, 0) is 17.8 Å². The van der Waals surface area contributed by atoms with Crippen molar-refractivity contribution in [2.24, 2.45) is 0 Å². The number of carbonyl (C=O) groups is 1. The molecule has 1 N–H and O–H groups in total. The molecule has 4 rings (SSSR count). The van der Waals surface area contributed by atoms with Crippen LogP contribution in [0.15, 0.2) is 84.0 Å². The van der Waals surface area contributed by atoms with Gasteiger partial charge in [0.05, 0.1) is 12.4 Å². The number of para-hydroxylation sites is 1. The van der Waals surface area contributed by atoms with E-state index >= 15 is 0 Å². The van der Waals surface area contributed by atoms with Crippen molar-refractivity contribution in [3.63, 3.8) is 0 Å². The Morgan fingerprint density at radius 1 is 1.00 bits per heavy atom. The molecular weight excluding hydrogens is 444 g/mol. The molecule has 0 saturated heterocycles. The van der Waals surface area contributed by atoms with Crippen molar-refractivity contribution in [3.8, 4) is 17.1 Å². The van der Waals surface area contributed by atoms with Crippen LogP contribution in [-0.4, -0.2) is 33.0 Å². The van der Waals surface area contributed by atoms with Crippen molar-refractivity contribution in [3.05, 3.63) is 90.0 Å². The number of nitrogens with zero attached hydrogens (tertiary/aromatic N) is 3. The molecule has 0 aliphatic heterocycles. The van der Waals surface area contributed by atoms with Gasteiger partial charge in [-0.1, -0.05) is 60.3 Å². The third-order valence-corrected chi connectivity index (χ3v) is 6.67. The monoisotopic (exact) mass is 472 g/mol. The molecule has 6 nitrogen and oxygen atoms in total. The molecule has 1 atom stereocenters. The molecule has 1 amide bonds. The first-order chi connectivity index (χ1) is 16.5. The molecule has 0 aliphatic carbocycles. The Labute approximate surface area is 204 Å². The molecule has 1 aromatic heterocycles. The van der Waals surface area contributed by atoms with Gasteiger partial charge in [-0.2, -0.15) is 0 Å². The van der Waals surface area contributed by atoms with Crippen LogP contribution in [0.2, 0.25) is 0 Å². The number of aromatic nitrogens is 3. The predicted molar refractivity (Wildman–Crippen MR) is 137 cm³/mol. The average molecular weight is 473 g/mol. The van der Waals surface area contributed by atoms with Crippen molar-refractivity contribution in [2.75, 3.05) is 12.4 Å². The Kier molecular flexibility index (Phi) is 7.65. The van der Waals surface area contributed by atoms with Gasteiger partial charge in [-0.15, -0.1) is 10.2 Å². The minimum Gasteiger partial charge on any atom is -0.497 e. The molecular formula is C27H28N4O2S. The summed E-state index contributed by atoms with van der Waals surface area (Å²) in [6.45, 7) is 4.57. The quantitative estimate of drug-likeness (QED) is 0.320. The number of methoxy groups -OCH3 is 1. The largest absolute Gasteiger partial charge is 0.497 e. The van der Waals surface area contributed by atoms with Crippen LogP contribution >= 0.6 is 11.8 Å². The number of carbonyl (C=O) groups excluding carboxylic acids is 1. The van der Waals surface area contributed by atoms with E-state index < -0.39 is 0 Å². The Bertz CT molecular complexity index is 1240. The Morgan fingerprint density at radius 2 is 1.71 bits per heavy atom. The summed E-state index contributed by atoms with van der Waals surface area (Å²) in [5.41, 5.74) is 4.04. The lowest BCUT2D eigenvalue weighted by molar-refractivity contribution is -0.115. The lowest BCUT2D eigenvalue weighted by atomic mass is 10.1. The molecule has 1 heterocycles. The molecule has 4 aromatic rings. The summed E-state index contributed by atoms with van der Waals surface area (Å²) in [5.74, 6) is 1.49. The van der Waals surface area contributed by atoms with Crippen LogP contribution in [0.4, 0.5) is 5.69 Å². The molecule has 174 valence electrons. The van der Waals surface area contributed by atoms with Gasteiger partial charge >= 0.3 is 0 Å². The summed E-state index contributed by atoms with van der Waals surface area (Å²) in [7, 11) is 1.65. The van der Waals surface area contributed by atoms with Crippen molar-refractivity contribution in [1.29, 1.82) is 0 Å². The summed E-state index contributed by atoms with van der Waals surface area (Å²) >= 11 is 1.41. The van der Waals surface area contributed by atoms with E-state index in [4.69, 9.17) is 4.74 Å². The number of aryl methyl sites for hydroxylation is 2. The summed E-state index contributed by atoms with van der Waals surface area (Å²) in [6.07, 6.45) is 0.833. The number of hydrogen-bond donors (Lipinski definition) is 1. The molecule has 34 heavy (non-hydrogen) atoms. The van der Waals surface area contributed by atoms with E-state index in [1.165, 1.54) is 17.3 Å². The van der Waals surface area contributed by atoms with Crippen LogP contribution in [0.5, 0.6) is 5.75 Å². The van der Waals surface area contributed by atoms with Crippen molar-refractivity contribution >= 4 is 23.4 Å². The Balaban J connectivity index is 1.57. The van der Waals surface area contributed by atoms with E-state index in [1.54, 1.807) is 7.11 Å². The maximum Gasteiger partial charge on any atom is 0.237 e. The van der Waals surface area contributed by atoms with Gasteiger partial charge in [0.2, 0.25) is 5.91 Å². The van der Waals surface area contributed by atoms with E-state index in [0.29, 0.717) is 11.7 Å². The second kappa shape index (κ2) is 11.0. The van der Waals surface area contributed by atoms with Crippen molar-refractivity contribution in [2.45, 2.75) is 37.2 Å². The average Bonchev–Trinajstić information content (AvgIpc) is 3.27. The zero-order valence-corrected chi connectivity index (χ0v) is 20.4. The van der Waals surface area contributed by atoms with Gasteiger partial charge in [-0.25, -0.2) is 0 Å². The molecule has 7 heteroatoms. The molecule has 0 radical (unpaired) electrons. The lowest BCUT2D eigenvalue weighted by Gasteiger charge is -2.15. The zero-order chi connectivity index (χ0) is 23.9. The summed E-state index contributed by atoms with van der Waals surface area (Å²) in [5, 5.41) is 12.3. The van der Waals surface area contributed by atoms with Gasteiger partial charge in [0, 0.05) is 17.8 Å². The van der Waals surface area contributed by atoms with Gasteiger partial charge in [0.1, 0.15) is 5.75 Å². The number of nitrogens with one attached hydrogen (secondary N) is 1. The maximum atomic E-state index is 12.9. The second-order valence-electron chi connectivity index (χ2n) is 7.99. The first kappa shape index (κ1) is 23.6. The van der Waals surface area contributed by atoms with Crippen molar-refractivity contribution < 1.29 is 9.53 Å². The number of benzene rings is 3. The second-order valence-corrected chi connectivity index (χ2v) is 9.29. The van der Waals surface area contributed by atoms with E-state index in [1.807, 2.05) is 80.6 Å². The fraction of sp³-hybridized carbons (Fsp3) is 0.222. The molecule has 0 bridgehead atoms. The number of thioether (sulfide) groups is 1. The van der Waals surface area contributed by atoms with Gasteiger partial charge < -0.3 is 14.6 Å². The molecule has 1 unspecified atom stereocenters. The Hall–Kier alpha value is -3.58. The summed E-state index contributed by atoms with van der Waals surface area (Å²) < 4.78 is 7.38. The van der Waals surface area contributed by atoms with Crippen LogP contribution in [0.1, 0.15) is 18.1 Å². The highest BCUT2D eigenvalue weighted by Gasteiger charge is 2.21. The maximum absolute atomic E-state index is 12.9. The first-order valence-electron chi connectivity index (χ1n) is 11.2. The summed E-state index contributed by atoms with van der Waals surface area (Å²) in [4.78, 5) is 12.9. The predicted octanol–water partition coefficient (Wildman–Crippen LogP) is 5.62. The summed E-state index contributed by atoms with van der Waals surface area (Å²) in [6, 6.07) is 25.9. The third-order valence-electron chi connectivity index (χ3n) is 5.59. The molecule has 0 aliphatic rings. The smallest absolute Gasteiger partial charge is 0.237 e. The zero-order valence-electron chi connectivity index (χ0n) is 19.6. The SMILES string of the molecule is COc1ccc(-c2nnc(SC(C)C(=O)Nc3ccccc3C)n2CCc2ccccc2)cc1. The number of hydrogen-bond acceptors (Lipinski definition) is 5. The van der Waals surface area contributed by atoms with E-state index in [2.05, 4.69) is 32.2 Å². The normalized spacial score (nSPS) is 11.7. The fourth-order valence-electron chi connectivity index (χ4n) is 3.58. The highest BCUT2D eigenvalue weighted by Crippen LogP contribution is 2.29. The van der Waals surface area contributed by atoms with Crippen LogP contribution in [0.3, 0.4) is 0 Å². The van der Waals surface area contributed by atoms with Gasteiger partial charge in [-0.05, 0) is 61.7 Å². The Morgan fingerprint density at radius 3 is 2.41 bits per heavy atom. The van der Waals surface area contributed by atoms with Gasteiger partial charge in [0.25, 0.3) is 0 Å². The first-order valence-corrected chi connectivity index (χ1v) is 12.1. The highest BCUT2D eigenvalue weighted by molar-refractivity contribution is 8.00. The van der Waals surface area contributed by atoms with E-state index in [0.717, 1.165) is 34.8 Å². The highest BCUT2D eigenvalue weighted by atomic mass is 32.2. The van der Waals surface area contributed by atoms with Gasteiger partial charge in [0.15, 0.2) is 11.0 Å². The third kappa shape index (κ3) is 5.66. The standard InChI is InChI=1S/C27H28N4O2S/c1-19-9-7-8-12-24(19)28-26(32)20(2)34-27-30-29-25(22-13-15-23(33-3)16-14-22)31(27)18-17-21-10-5-4-6-11-21/h4-16,20H,17-18H2,1-3H3,(H,28,32).